The van der Waals surface area contributed by atoms with Crippen LogP contribution in [0.1, 0.15) is 41.9 Å². The van der Waals surface area contributed by atoms with E-state index in [0.29, 0.717) is 35.0 Å². The van der Waals surface area contributed by atoms with Gasteiger partial charge in [0.2, 0.25) is 5.88 Å². The van der Waals surface area contributed by atoms with Gasteiger partial charge >= 0.3 is 0 Å². The number of aryl methyl sites for hydroxylation is 1. The van der Waals surface area contributed by atoms with Gasteiger partial charge in [0.05, 0.1) is 24.5 Å². The van der Waals surface area contributed by atoms with E-state index in [1.807, 2.05) is 13.8 Å². The van der Waals surface area contributed by atoms with Gasteiger partial charge in [-0.3, -0.25) is 9.79 Å². The number of aliphatic imine (C=N–C) groups is 1. The molecule has 174 valence electrons. The largest absolute Gasteiger partial charge is 0.463 e. The van der Waals surface area contributed by atoms with Gasteiger partial charge in [0.25, 0.3) is 5.91 Å². The van der Waals surface area contributed by atoms with Crippen LogP contribution in [0.2, 0.25) is 0 Å². The molecule has 2 atom stereocenters. The zero-order chi connectivity index (χ0) is 24.2. The number of thioether (sulfide) groups is 1. The highest BCUT2D eigenvalue weighted by molar-refractivity contribution is 8.15. The third-order valence-electron chi connectivity index (χ3n) is 5.13. The average molecular weight is 472 g/mol. The Balaban J connectivity index is 1.89. The van der Waals surface area contributed by atoms with Crippen LogP contribution in [0.3, 0.4) is 0 Å². The number of rotatable bonds is 7. The van der Waals surface area contributed by atoms with Crippen LogP contribution < -0.4 is 15.8 Å². The summed E-state index contributed by atoms with van der Waals surface area (Å²) in [6, 6.07) is 3.13. The van der Waals surface area contributed by atoms with E-state index in [-0.39, 0.29) is 22.9 Å². The predicted octanol–water partition coefficient (Wildman–Crippen LogP) is 3.26. The van der Waals surface area contributed by atoms with Crippen molar-refractivity contribution in [1.29, 1.82) is 0 Å². The smallest absolute Gasteiger partial charge is 0.275 e. The van der Waals surface area contributed by atoms with E-state index in [2.05, 4.69) is 26.2 Å². The van der Waals surface area contributed by atoms with Crippen LogP contribution in [0, 0.1) is 25.1 Å². The summed E-state index contributed by atoms with van der Waals surface area (Å²) >= 11 is 1.41. The molecule has 0 radical (unpaired) electrons. The molecule has 3 rings (SSSR count). The summed E-state index contributed by atoms with van der Waals surface area (Å²) < 4.78 is 25.4. The topological polar surface area (TPSA) is 112 Å². The Bertz CT molecular complexity index is 1120. The van der Waals surface area contributed by atoms with Crippen molar-refractivity contribution in [2.24, 2.45) is 10.7 Å². The summed E-state index contributed by atoms with van der Waals surface area (Å²) in [6.45, 7) is 5.95. The van der Waals surface area contributed by atoms with E-state index in [1.54, 1.807) is 26.2 Å². The number of amidine groups is 1. The lowest BCUT2D eigenvalue weighted by molar-refractivity contribution is 0.102. The lowest BCUT2D eigenvalue weighted by Gasteiger charge is -2.41. The molecule has 2 heterocycles. The number of nitrogens with zero attached hydrogens (tertiary/aromatic N) is 3. The molecule has 3 N–H and O–H groups in total. The molecule has 1 aromatic carbocycles. The molecule has 0 saturated carbocycles. The van der Waals surface area contributed by atoms with Gasteiger partial charge in [-0.2, -0.15) is 0 Å². The van der Waals surface area contributed by atoms with Crippen LogP contribution in [0.25, 0.3) is 0 Å². The van der Waals surface area contributed by atoms with E-state index in [1.165, 1.54) is 24.2 Å². The maximum Gasteiger partial charge on any atom is 0.275 e. The number of carbonyl (C=O) groups is 1. The third-order valence-corrected chi connectivity index (χ3v) is 6.19. The van der Waals surface area contributed by atoms with Crippen LogP contribution in [0.15, 0.2) is 29.5 Å². The Kier molecular flexibility index (Phi) is 7.25. The molecule has 1 aromatic heterocycles. The second-order valence-corrected chi connectivity index (χ2v) is 9.84. The number of methoxy groups -OCH3 is 1. The monoisotopic (exact) mass is 471 g/mol. The second kappa shape index (κ2) is 9.77. The number of terminal acetylenes is 1. The van der Waals surface area contributed by atoms with Gasteiger partial charge in [-0.15, -0.1) is 6.42 Å². The van der Waals surface area contributed by atoms with Gasteiger partial charge in [0, 0.05) is 23.1 Å². The number of anilines is 1. The standard InChI is InChI=1S/C23H26FN5O3S/c1-6-7-32-18-11-26-17(10-27-18)20(30)28-15-8-14(2)19(24)16(9-15)23(4)12-22(3,13-31-5)33-21(25)29-23/h1,8-11H,7,12-13H2,2-5H3,(H2,25,29)(H,28,30)/t22-,23+/m1/s1. The van der Waals surface area contributed by atoms with E-state index in [4.69, 9.17) is 21.6 Å². The van der Waals surface area contributed by atoms with Gasteiger partial charge in [0.1, 0.15) is 11.5 Å². The van der Waals surface area contributed by atoms with E-state index >= 15 is 4.39 Å². The minimum atomic E-state index is -0.936. The number of carbonyl (C=O) groups excluding carboxylic acids is 1. The van der Waals surface area contributed by atoms with E-state index in [9.17, 15) is 4.79 Å². The number of halogens is 1. The molecule has 0 unspecified atom stereocenters. The summed E-state index contributed by atoms with van der Waals surface area (Å²) in [7, 11) is 1.61. The van der Waals surface area contributed by atoms with Crippen molar-refractivity contribution in [1.82, 2.24) is 9.97 Å². The number of aromatic nitrogens is 2. The van der Waals surface area contributed by atoms with Crippen molar-refractivity contribution < 1.29 is 18.7 Å². The van der Waals surface area contributed by atoms with Crippen molar-refractivity contribution in [3.8, 4) is 18.2 Å². The molecular weight excluding hydrogens is 445 g/mol. The quantitative estimate of drug-likeness (QED) is 0.596. The van der Waals surface area contributed by atoms with Gasteiger partial charge in [-0.25, -0.2) is 14.4 Å². The molecule has 0 spiro atoms. The average Bonchev–Trinajstić information content (AvgIpc) is 2.74. The highest BCUT2D eigenvalue weighted by Crippen LogP contribution is 2.46. The Morgan fingerprint density at radius 1 is 1.36 bits per heavy atom. The molecule has 8 nitrogen and oxygen atoms in total. The Hall–Kier alpha value is -3.16. The highest BCUT2D eigenvalue weighted by Gasteiger charge is 2.43. The molecule has 0 bridgehead atoms. The molecule has 1 aliphatic heterocycles. The number of amides is 1. The molecule has 0 saturated heterocycles. The molecule has 1 aliphatic rings. The molecule has 0 fully saturated rings. The van der Waals surface area contributed by atoms with Gasteiger partial charge in [-0.1, -0.05) is 17.7 Å². The Morgan fingerprint density at radius 3 is 2.76 bits per heavy atom. The number of benzene rings is 1. The van der Waals surface area contributed by atoms with Crippen LogP contribution in [-0.2, 0) is 10.3 Å². The summed E-state index contributed by atoms with van der Waals surface area (Å²) in [5, 5.41) is 3.11. The minimum Gasteiger partial charge on any atom is -0.463 e. The number of hydrogen-bond donors (Lipinski definition) is 2. The van der Waals surface area contributed by atoms with Crippen molar-refractivity contribution in [3.05, 3.63) is 47.2 Å². The first-order chi connectivity index (χ1) is 15.6. The molecule has 1 amide bonds. The van der Waals surface area contributed by atoms with Crippen molar-refractivity contribution in [2.75, 3.05) is 25.6 Å². The first-order valence-electron chi connectivity index (χ1n) is 10.1. The fourth-order valence-electron chi connectivity index (χ4n) is 3.92. The third kappa shape index (κ3) is 5.61. The number of nitrogens with one attached hydrogen (secondary N) is 1. The summed E-state index contributed by atoms with van der Waals surface area (Å²) in [5.41, 5.74) is 6.36. The first-order valence-corrected chi connectivity index (χ1v) is 10.9. The summed E-state index contributed by atoms with van der Waals surface area (Å²) in [6.07, 6.45) is 8.22. The lowest BCUT2D eigenvalue weighted by Crippen LogP contribution is -2.43. The van der Waals surface area contributed by atoms with E-state index in [0.717, 1.165) is 0 Å². The second-order valence-electron chi connectivity index (χ2n) is 8.23. The molecular formula is C23H26FN5O3S. The molecule has 2 aromatic rings. The molecule has 33 heavy (non-hydrogen) atoms. The van der Waals surface area contributed by atoms with Crippen LogP contribution in [-0.4, -0.2) is 46.1 Å². The number of ether oxygens (including phenoxy) is 2. The SMILES string of the molecule is C#CCOc1cnc(C(=O)Nc2cc(C)c(F)c([C@]3(C)C[C@](C)(COC)SC(N)=N3)c2)cn1. The van der Waals surface area contributed by atoms with Crippen molar-refractivity contribution >= 4 is 28.5 Å². The normalized spacial score (nSPS) is 22.2. The zero-order valence-electron chi connectivity index (χ0n) is 18.9. The maximum absolute atomic E-state index is 15.3. The fraction of sp³-hybridized carbons (Fsp3) is 0.391. The van der Waals surface area contributed by atoms with E-state index < -0.39 is 17.3 Å². The van der Waals surface area contributed by atoms with Gasteiger partial charge in [-0.05, 0) is 44.9 Å². The number of hydrogen-bond acceptors (Lipinski definition) is 8. The number of nitrogens with two attached hydrogens (primary N) is 1. The lowest BCUT2D eigenvalue weighted by atomic mass is 9.82. The van der Waals surface area contributed by atoms with Gasteiger partial charge < -0.3 is 20.5 Å². The summed E-state index contributed by atoms with van der Waals surface area (Å²) in [5.74, 6) is 1.64. The van der Waals surface area contributed by atoms with Crippen LogP contribution in [0.5, 0.6) is 5.88 Å². The van der Waals surface area contributed by atoms with Crippen LogP contribution >= 0.6 is 11.8 Å². The Morgan fingerprint density at radius 2 is 2.12 bits per heavy atom. The molecule has 0 aliphatic carbocycles. The maximum atomic E-state index is 15.3. The fourth-order valence-corrected chi connectivity index (χ4v) is 5.20. The highest BCUT2D eigenvalue weighted by atomic mass is 32.2. The van der Waals surface area contributed by atoms with Crippen molar-refractivity contribution in [3.63, 3.8) is 0 Å². The van der Waals surface area contributed by atoms with Crippen molar-refractivity contribution in [2.45, 2.75) is 37.5 Å². The first kappa shape index (κ1) is 24.5. The Labute approximate surface area is 196 Å². The summed E-state index contributed by atoms with van der Waals surface area (Å²) in [4.78, 5) is 25.3. The van der Waals surface area contributed by atoms with Crippen LogP contribution in [0.4, 0.5) is 10.1 Å². The zero-order valence-corrected chi connectivity index (χ0v) is 19.8. The predicted molar refractivity (Wildman–Crippen MR) is 127 cm³/mol. The van der Waals surface area contributed by atoms with Gasteiger partial charge in [0.15, 0.2) is 11.8 Å². The molecule has 10 heteroatoms. The minimum absolute atomic E-state index is 0.0472.